The molecule has 1 aliphatic rings. The van der Waals surface area contributed by atoms with E-state index >= 15 is 0 Å². The topological polar surface area (TPSA) is 76.3 Å². The van der Waals surface area contributed by atoms with E-state index in [-0.39, 0.29) is 29.1 Å². The summed E-state index contributed by atoms with van der Waals surface area (Å²) in [6, 6.07) is 1.57. The Hall–Kier alpha value is -2.05. The summed E-state index contributed by atoms with van der Waals surface area (Å²) < 4.78 is 2.54. The fourth-order valence-electron chi connectivity index (χ4n) is 2.83. The van der Waals surface area contributed by atoms with Gasteiger partial charge in [0.1, 0.15) is 5.82 Å². The van der Waals surface area contributed by atoms with Crippen LogP contribution in [0.3, 0.4) is 0 Å². The lowest BCUT2D eigenvalue weighted by Gasteiger charge is -2.34. The molecule has 0 spiro atoms. The minimum atomic E-state index is -0.351. The fourth-order valence-corrected chi connectivity index (χ4v) is 2.83. The van der Waals surface area contributed by atoms with E-state index in [0.29, 0.717) is 12.4 Å². The zero-order valence-electron chi connectivity index (χ0n) is 13.6. The van der Waals surface area contributed by atoms with Crippen LogP contribution in [0.1, 0.15) is 26.7 Å². The van der Waals surface area contributed by atoms with Crippen LogP contribution in [0.4, 0.5) is 5.82 Å². The summed E-state index contributed by atoms with van der Waals surface area (Å²) in [4.78, 5) is 38.0. The van der Waals surface area contributed by atoms with Gasteiger partial charge in [0.05, 0.1) is 5.92 Å². The maximum absolute atomic E-state index is 12.2. The molecular formula is C15H24N4O3. The van der Waals surface area contributed by atoms with Crippen LogP contribution in [-0.4, -0.2) is 34.2 Å². The van der Waals surface area contributed by atoms with Crippen LogP contribution in [0.25, 0.3) is 0 Å². The Morgan fingerprint density at radius 3 is 2.59 bits per heavy atom. The van der Waals surface area contributed by atoms with Crippen LogP contribution < -0.4 is 21.5 Å². The monoisotopic (exact) mass is 308 g/mol. The molecule has 1 atom stereocenters. The average Bonchev–Trinajstić information content (AvgIpc) is 2.48. The third kappa shape index (κ3) is 3.23. The summed E-state index contributed by atoms with van der Waals surface area (Å²) in [6.45, 7) is 5.14. The highest BCUT2D eigenvalue weighted by molar-refractivity contribution is 5.79. The van der Waals surface area contributed by atoms with Crippen molar-refractivity contribution in [2.24, 2.45) is 20.0 Å². The van der Waals surface area contributed by atoms with Crippen LogP contribution in [0.5, 0.6) is 0 Å². The number of hydrogen-bond acceptors (Lipinski definition) is 4. The molecule has 7 nitrogen and oxygen atoms in total. The van der Waals surface area contributed by atoms with Crippen molar-refractivity contribution >= 4 is 11.7 Å². The molecule has 0 bridgehead atoms. The molecule has 1 amide bonds. The van der Waals surface area contributed by atoms with Crippen LogP contribution in [0.2, 0.25) is 0 Å². The Labute approximate surface area is 129 Å². The van der Waals surface area contributed by atoms with Crippen molar-refractivity contribution < 1.29 is 4.79 Å². The standard InChI is InChI=1S/C15H24N4O3/c1-10(2)16-14(21)11-6-5-7-19(9-11)12-8-13(20)18(4)15(22)17(12)3/h8,10-11H,5-7,9H2,1-4H3,(H,16,21). The first-order chi connectivity index (χ1) is 10.3. The Bertz CT molecular complexity index is 674. The third-order valence-corrected chi connectivity index (χ3v) is 4.05. The largest absolute Gasteiger partial charge is 0.357 e. The number of nitrogens with zero attached hydrogens (tertiary/aromatic N) is 3. The highest BCUT2D eigenvalue weighted by atomic mass is 16.2. The number of piperidine rings is 1. The molecule has 1 aromatic heterocycles. The van der Waals surface area contributed by atoms with Crippen LogP contribution in [-0.2, 0) is 18.9 Å². The van der Waals surface area contributed by atoms with Gasteiger partial charge in [0, 0.05) is 39.3 Å². The molecule has 0 saturated carbocycles. The first-order valence-electron chi connectivity index (χ1n) is 7.63. The van der Waals surface area contributed by atoms with Gasteiger partial charge in [0.15, 0.2) is 0 Å². The van der Waals surface area contributed by atoms with Gasteiger partial charge in [-0.1, -0.05) is 0 Å². The van der Waals surface area contributed by atoms with Gasteiger partial charge < -0.3 is 10.2 Å². The van der Waals surface area contributed by atoms with E-state index in [1.54, 1.807) is 7.05 Å². The molecule has 1 saturated heterocycles. The smallest absolute Gasteiger partial charge is 0.332 e. The van der Waals surface area contributed by atoms with Crippen molar-refractivity contribution in [3.05, 3.63) is 26.9 Å². The van der Waals surface area contributed by atoms with Crippen molar-refractivity contribution in [2.45, 2.75) is 32.7 Å². The van der Waals surface area contributed by atoms with Crippen molar-refractivity contribution in [1.29, 1.82) is 0 Å². The lowest BCUT2D eigenvalue weighted by Crippen LogP contribution is -2.47. The summed E-state index contributed by atoms with van der Waals surface area (Å²) in [7, 11) is 3.11. The molecule has 22 heavy (non-hydrogen) atoms. The zero-order chi connectivity index (χ0) is 16.4. The molecule has 0 aromatic carbocycles. The SMILES string of the molecule is CC(C)NC(=O)C1CCCN(c2cc(=O)n(C)c(=O)n2C)C1. The first kappa shape index (κ1) is 16.3. The highest BCUT2D eigenvalue weighted by Gasteiger charge is 2.27. The minimum Gasteiger partial charge on any atom is -0.357 e. The summed E-state index contributed by atoms with van der Waals surface area (Å²) >= 11 is 0. The molecule has 1 aliphatic heterocycles. The molecule has 122 valence electrons. The van der Waals surface area contributed by atoms with Gasteiger partial charge in [0.25, 0.3) is 5.56 Å². The summed E-state index contributed by atoms with van der Waals surface area (Å²) in [5.74, 6) is 0.499. The van der Waals surface area contributed by atoms with Crippen LogP contribution in [0.15, 0.2) is 15.7 Å². The molecule has 1 fully saturated rings. The van der Waals surface area contributed by atoms with Gasteiger partial charge in [-0.05, 0) is 26.7 Å². The molecule has 7 heteroatoms. The number of rotatable bonds is 3. The van der Waals surface area contributed by atoms with Gasteiger partial charge >= 0.3 is 5.69 Å². The molecular weight excluding hydrogens is 284 g/mol. The Morgan fingerprint density at radius 1 is 1.27 bits per heavy atom. The lowest BCUT2D eigenvalue weighted by molar-refractivity contribution is -0.125. The zero-order valence-corrected chi connectivity index (χ0v) is 13.6. The van der Waals surface area contributed by atoms with Gasteiger partial charge in [-0.25, -0.2) is 4.79 Å². The Kier molecular flexibility index (Phi) is 4.73. The Balaban J connectivity index is 2.25. The van der Waals surface area contributed by atoms with E-state index in [9.17, 15) is 14.4 Å². The second-order valence-electron chi connectivity index (χ2n) is 6.19. The quantitative estimate of drug-likeness (QED) is 0.841. The van der Waals surface area contributed by atoms with E-state index < -0.39 is 0 Å². The maximum atomic E-state index is 12.2. The van der Waals surface area contributed by atoms with Gasteiger partial charge in [-0.3, -0.25) is 18.7 Å². The van der Waals surface area contributed by atoms with E-state index in [1.165, 1.54) is 17.7 Å². The third-order valence-electron chi connectivity index (χ3n) is 4.05. The van der Waals surface area contributed by atoms with Gasteiger partial charge in [-0.15, -0.1) is 0 Å². The van der Waals surface area contributed by atoms with Gasteiger partial charge in [-0.2, -0.15) is 0 Å². The number of aromatic nitrogens is 2. The van der Waals surface area contributed by atoms with E-state index in [1.807, 2.05) is 18.7 Å². The number of carbonyl (C=O) groups is 1. The highest BCUT2D eigenvalue weighted by Crippen LogP contribution is 2.21. The molecule has 2 rings (SSSR count). The second-order valence-corrected chi connectivity index (χ2v) is 6.19. The van der Waals surface area contributed by atoms with Crippen molar-refractivity contribution in [1.82, 2.24) is 14.5 Å². The average molecular weight is 308 g/mol. The van der Waals surface area contributed by atoms with Crippen molar-refractivity contribution in [3.8, 4) is 0 Å². The molecule has 1 unspecified atom stereocenters. The summed E-state index contributed by atoms with van der Waals surface area (Å²) in [6.07, 6.45) is 1.69. The van der Waals surface area contributed by atoms with Crippen LogP contribution >= 0.6 is 0 Å². The number of anilines is 1. The van der Waals surface area contributed by atoms with E-state index in [2.05, 4.69) is 5.32 Å². The van der Waals surface area contributed by atoms with Gasteiger partial charge in [0.2, 0.25) is 5.91 Å². The fraction of sp³-hybridized carbons (Fsp3) is 0.667. The number of carbonyl (C=O) groups excluding carboxylic acids is 1. The summed E-state index contributed by atoms with van der Waals surface area (Å²) in [5.41, 5.74) is -0.678. The molecule has 1 aromatic rings. The Morgan fingerprint density at radius 2 is 1.95 bits per heavy atom. The van der Waals surface area contributed by atoms with Crippen molar-refractivity contribution in [2.75, 3.05) is 18.0 Å². The van der Waals surface area contributed by atoms with Crippen LogP contribution in [0, 0.1) is 5.92 Å². The number of nitrogens with one attached hydrogen (secondary N) is 1. The number of amides is 1. The second kappa shape index (κ2) is 6.37. The predicted molar refractivity (Wildman–Crippen MR) is 85.1 cm³/mol. The molecule has 1 N–H and O–H groups in total. The molecule has 2 heterocycles. The predicted octanol–water partition coefficient (Wildman–Crippen LogP) is -0.175. The minimum absolute atomic E-state index is 0.0357. The first-order valence-corrected chi connectivity index (χ1v) is 7.63. The van der Waals surface area contributed by atoms with E-state index in [0.717, 1.165) is 24.0 Å². The molecule has 0 radical (unpaired) electrons. The normalized spacial score (nSPS) is 18.6. The van der Waals surface area contributed by atoms with E-state index in [4.69, 9.17) is 0 Å². The lowest BCUT2D eigenvalue weighted by atomic mass is 9.97. The molecule has 0 aliphatic carbocycles. The number of hydrogen-bond donors (Lipinski definition) is 1. The maximum Gasteiger partial charge on any atom is 0.332 e. The summed E-state index contributed by atoms with van der Waals surface area (Å²) in [5, 5.41) is 2.93. The van der Waals surface area contributed by atoms with Crippen molar-refractivity contribution in [3.63, 3.8) is 0 Å².